The Morgan fingerprint density at radius 2 is 2.33 bits per heavy atom. The molecular weight excluding hydrogens is 242 g/mol. The molecule has 0 aromatic rings. The third-order valence-corrected chi connectivity index (χ3v) is 2.69. The molecule has 1 rings (SSSR count). The number of nitrogens with one attached hydrogen (secondary N) is 2. The Hall–Kier alpha value is -1.83. The maximum atomic E-state index is 11.9. The molecule has 0 saturated carbocycles. The zero-order valence-electron chi connectivity index (χ0n) is 10.3. The summed E-state index contributed by atoms with van der Waals surface area (Å²) in [5.74, 6) is -1.44. The number of amides is 3. The quantitative estimate of drug-likeness (QED) is 0.576. The van der Waals surface area contributed by atoms with Crippen molar-refractivity contribution in [1.29, 1.82) is 0 Å². The summed E-state index contributed by atoms with van der Waals surface area (Å²) in [5.41, 5.74) is 0. The van der Waals surface area contributed by atoms with Crippen LogP contribution in [0.1, 0.15) is 6.92 Å². The van der Waals surface area contributed by atoms with Crippen LogP contribution in [0.25, 0.3) is 0 Å². The van der Waals surface area contributed by atoms with E-state index in [9.17, 15) is 14.4 Å². The normalized spacial score (nSPS) is 21.1. The number of carboxylic acid groups (broad SMARTS) is 1. The smallest absolute Gasteiger partial charge is 0.328 e. The van der Waals surface area contributed by atoms with Crippen molar-refractivity contribution in [3.8, 4) is 0 Å². The zero-order chi connectivity index (χ0) is 13.7. The third kappa shape index (κ3) is 3.33. The van der Waals surface area contributed by atoms with E-state index in [1.807, 2.05) is 0 Å². The van der Waals surface area contributed by atoms with E-state index in [-0.39, 0.29) is 12.5 Å². The second-order valence-electron chi connectivity index (χ2n) is 3.96. The van der Waals surface area contributed by atoms with Crippen LogP contribution >= 0.6 is 0 Å². The fraction of sp³-hybridized carbons (Fsp3) is 0.700. The first-order chi connectivity index (χ1) is 8.47. The summed E-state index contributed by atoms with van der Waals surface area (Å²) in [4.78, 5) is 35.4. The van der Waals surface area contributed by atoms with Crippen LogP contribution in [-0.2, 0) is 14.3 Å². The number of aliphatic carboxylic acids is 1. The maximum Gasteiger partial charge on any atom is 0.328 e. The molecule has 0 spiro atoms. The summed E-state index contributed by atoms with van der Waals surface area (Å²) in [5, 5.41) is 13.8. The standard InChI is InChI=1S/C10H17N3O5/c1-6-8(14)11-3-4-13(6)10(17)12-7(5-18-2)9(15)16/h6-7H,3-5H2,1-2H3,(H,11,14)(H,12,17)(H,15,16). The monoisotopic (exact) mass is 259 g/mol. The van der Waals surface area contributed by atoms with E-state index in [1.165, 1.54) is 12.0 Å². The largest absolute Gasteiger partial charge is 0.480 e. The fourth-order valence-corrected chi connectivity index (χ4v) is 1.63. The minimum atomic E-state index is -1.18. The summed E-state index contributed by atoms with van der Waals surface area (Å²) in [6.07, 6.45) is 0. The minimum Gasteiger partial charge on any atom is -0.480 e. The first-order valence-electron chi connectivity index (χ1n) is 5.54. The molecule has 0 aromatic heterocycles. The van der Waals surface area contributed by atoms with E-state index in [2.05, 4.69) is 10.6 Å². The highest BCUT2D eigenvalue weighted by Crippen LogP contribution is 2.04. The van der Waals surface area contributed by atoms with Crippen molar-refractivity contribution in [2.45, 2.75) is 19.0 Å². The van der Waals surface area contributed by atoms with Crippen LogP contribution in [0.2, 0.25) is 0 Å². The van der Waals surface area contributed by atoms with Gasteiger partial charge in [0, 0.05) is 20.2 Å². The Morgan fingerprint density at radius 1 is 1.67 bits per heavy atom. The van der Waals surface area contributed by atoms with Gasteiger partial charge in [0.25, 0.3) is 0 Å². The lowest BCUT2D eigenvalue weighted by molar-refractivity contribution is -0.140. The van der Waals surface area contributed by atoms with E-state index in [0.29, 0.717) is 13.1 Å². The molecule has 8 heteroatoms. The molecule has 8 nitrogen and oxygen atoms in total. The lowest BCUT2D eigenvalue weighted by Crippen LogP contribution is -2.60. The van der Waals surface area contributed by atoms with Crippen molar-refractivity contribution in [3.63, 3.8) is 0 Å². The number of ether oxygens (including phenoxy) is 1. The number of urea groups is 1. The molecule has 0 aromatic carbocycles. The molecule has 2 atom stereocenters. The fourth-order valence-electron chi connectivity index (χ4n) is 1.63. The predicted molar refractivity (Wildman–Crippen MR) is 61.0 cm³/mol. The van der Waals surface area contributed by atoms with Crippen LogP contribution in [0.3, 0.4) is 0 Å². The molecule has 1 saturated heterocycles. The third-order valence-electron chi connectivity index (χ3n) is 2.69. The lowest BCUT2D eigenvalue weighted by atomic mass is 10.2. The van der Waals surface area contributed by atoms with Crippen LogP contribution in [0.4, 0.5) is 4.79 Å². The molecule has 1 aliphatic heterocycles. The number of carbonyl (C=O) groups is 3. The second kappa shape index (κ2) is 6.20. The van der Waals surface area contributed by atoms with Gasteiger partial charge in [0.1, 0.15) is 6.04 Å². The number of hydrogen-bond donors (Lipinski definition) is 3. The highest BCUT2D eigenvalue weighted by atomic mass is 16.5. The van der Waals surface area contributed by atoms with Gasteiger partial charge in [0.2, 0.25) is 5.91 Å². The minimum absolute atomic E-state index is 0.129. The van der Waals surface area contributed by atoms with Gasteiger partial charge in [-0.05, 0) is 6.92 Å². The van der Waals surface area contributed by atoms with E-state index < -0.39 is 24.1 Å². The van der Waals surface area contributed by atoms with Crippen molar-refractivity contribution >= 4 is 17.9 Å². The van der Waals surface area contributed by atoms with Gasteiger partial charge < -0.3 is 25.4 Å². The Bertz CT molecular complexity index is 346. The van der Waals surface area contributed by atoms with Crippen LogP contribution in [0, 0.1) is 0 Å². The van der Waals surface area contributed by atoms with E-state index in [1.54, 1.807) is 6.92 Å². The van der Waals surface area contributed by atoms with Gasteiger partial charge in [-0.1, -0.05) is 0 Å². The van der Waals surface area contributed by atoms with Gasteiger partial charge in [0.05, 0.1) is 6.61 Å². The summed E-state index contributed by atoms with van der Waals surface area (Å²) in [7, 11) is 1.35. The number of piperazine rings is 1. The van der Waals surface area contributed by atoms with Gasteiger partial charge in [-0.2, -0.15) is 0 Å². The molecule has 0 aliphatic carbocycles. The molecule has 3 N–H and O–H groups in total. The molecule has 0 radical (unpaired) electrons. The summed E-state index contributed by atoms with van der Waals surface area (Å²) in [6, 6.07) is -2.32. The Kier molecular flexibility index (Phi) is 4.90. The van der Waals surface area contributed by atoms with Gasteiger partial charge in [-0.3, -0.25) is 4.79 Å². The number of methoxy groups -OCH3 is 1. The van der Waals surface area contributed by atoms with Gasteiger partial charge in [-0.15, -0.1) is 0 Å². The van der Waals surface area contributed by atoms with Crippen molar-refractivity contribution in [2.75, 3.05) is 26.8 Å². The summed E-state index contributed by atoms with van der Waals surface area (Å²) in [6.45, 7) is 2.16. The molecule has 1 aliphatic rings. The van der Waals surface area contributed by atoms with E-state index >= 15 is 0 Å². The molecule has 1 fully saturated rings. The number of hydrogen-bond acceptors (Lipinski definition) is 4. The Labute approximate surface area is 104 Å². The van der Waals surface area contributed by atoms with Crippen molar-refractivity contribution in [1.82, 2.24) is 15.5 Å². The number of carboxylic acids is 1. The highest BCUT2D eigenvalue weighted by molar-refractivity contribution is 5.89. The summed E-state index contributed by atoms with van der Waals surface area (Å²) >= 11 is 0. The van der Waals surface area contributed by atoms with Gasteiger partial charge >= 0.3 is 12.0 Å². The Balaban J connectivity index is 2.63. The molecule has 1 heterocycles. The van der Waals surface area contributed by atoms with Crippen LogP contribution in [0.15, 0.2) is 0 Å². The number of nitrogens with zero attached hydrogens (tertiary/aromatic N) is 1. The second-order valence-corrected chi connectivity index (χ2v) is 3.96. The predicted octanol–water partition coefficient (Wildman–Crippen LogP) is -1.38. The lowest BCUT2D eigenvalue weighted by Gasteiger charge is -2.33. The topological polar surface area (TPSA) is 108 Å². The van der Waals surface area contributed by atoms with Gasteiger partial charge in [-0.25, -0.2) is 9.59 Å². The van der Waals surface area contributed by atoms with Crippen LogP contribution in [0.5, 0.6) is 0 Å². The SMILES string of the molecule is COCC(NC(=O)N1CCNC(=O)C1C)C(=O)O. The first kappa shape index (κ1) is 14.2. The highest BCUT2D eigenvalue weighted by Gasteiger charge is 2.31. The maximum absolute atomic E-state index is 11.9. The molecule has 2 unspecified atom stereocenters. The van der Waals surface area contributed by atoms with Crippen LogP contribution < -0.4 is 10.6 Å². The van der Waals surface area contributed by atoms with Gasteiger partial charge in [0.15, 0.2) is 6.04 Å². The molecule has 0 bridgehead atoms. The van der Waals surface area contributed by atoms with E-state index in [0.717, 1.165) is 0 Å². The van der Waals surface area contributed by atoms with Crippen molar-refractivity contribution in [3.05, 3.63) is 0 Å². The average molecular weight is 259 g/mol. The Morgan fingerprint density at radius 3 is 2.89 bits per heavy atom. The van der Waals surface area contributed by atoms with Crippen molar-refractivity contribution < 1.29 is 24.2 Å². The summed E-state index contributed by atoms with van der Waals surface area (Å²) < 4.78 is 4.71. The number of carbonyl (C=O) groups excluding carboxylic acids is 2. The average Bonchev–Trinajstić information content (AvgIpc) is 2.31. The first-order valence-corrected chi connectivity index (χ1v) is 5.54. The number of rotatable bonds is 4. The van der Waals surface area contributed by atoms with Crippen molar-refractivity contribution in [2.24, 2.45) is 0 Å². The van der Waals surface area contributed by atoms with Crippen LogP contribution in [-0.4, -0.2) is 66.8 Å². The molecule has 102 valence electrons. The van der Waals surface area contributed by atoms with E-state index in [4.69, 9.17) is 9.84 Å². The molecule has 18 heavy (non-hydrogen) atoms. The zero-order valence-corrected chi connectivity index (χ0v) is 10.3. The molecule has 3 amide bonds. The molecular formula is C10H17N3O5.